The maximum absolute atomic E-state index is 16.0. The summed E-state index contributed by atoms with van der Waals surface area (Å²) in [6.07, 6.45) is 7.39. The first kappa shape index (κ1) is 20.6. The van der Waals surface area contributed by atoms with Crippen LogP contribution in [0.1, 0.15) is 56.5 Å². The molecule has 2 aromatic heterocycles. The summed E-state index contributed by atoms with van der Waals surface area (Å²) >= 11 is 0. The van der Waals surface area contributed by atoms with Gasteiger partial charge in [0.2, 0.25) is 11.8 Å². The quantitative estimate of drug-likeness (QED) is 0.509. The van der Waals surface area contributed by atoms with Gasteiger partial charge in [-0.2, -0.15) is 5.10 Å². The summed E-state index contributed by atoms with van der Waals surface area (Å²) in [6, 6.07) is 6.22. The van der Waals surface area contributed by atoms with Gasteiger partial charge >= 0.3 is 0 Å². The molecule has 3 fully saturated rings. The van der Waals surface area contributed by atoms with E-state index in [9.17, 15) is 5.11 Å². The lowest BCUT2D eigenvalue weighted by Gasteiger charge is -2.57. The minimum Gasteiger partial charge on any atom is -0.507 e. The van der Waals surface area contributed by atoms with E-state index in [0.717, 1.165) is 32.1 Å². The number of alkyl halides is 1. The van der Waals surface area contributed by atoms with Crippen molar-refractivity contribution in [2.24, 2.45) is 0 Å². The Kier molecular flexibility index (Phi) is 4.94. The zero-order valence-electron chi connectivity index (χ0n) is 23.9. The highest BCUT2D eigenvalue weighted by Gasteiger charge is 2.56. The van der Waals surface area contributed by atoms with Gasteiger partial charge in [0, 0.05) is 34.3 Å². The smallest absolute Gasteiger partial charge is 0.245 e. The Bertz CT molecular complexity index is 1410. The Balaban J connectivity index is 1.25. The van der Waals surface area contributed by atoms with Gasteiger partial charge in [0.05, 0.1) is 29.6 Å². The van der Waals surface area contributed by atoms with E-state index in [0.29, 0.717) is 34.8 Å². The first-order valence-electron chi connectivity index (χ1n) is 14.2. The molecular weight excluding hydrogens is 473 g/mol. The normalized spacial score (nSPS) is 30.6. The van der Waals surface area contributed by atoms with Crippen LogP contribution in [0.25, 0.3) is 22.4 Å². The fraction of sp³-hybridized carbons (Fsp3) is 0.519. The molecule has 1 saturated carbocycles. The van der Waals surface area contributed by atoms with E-state index < -0.39 is 18.7 Å². The number of rotatable bonds is 6. The zero-order chi connectivity index (χ0) is 28.3. The van der Waals surface area contributed by atoms with E-state index in [-0.39, 0.29) is 29.3 Å². The molecule has 2 saturated heterocycles. The highest BCUT2D eigenvalue weighted by molar-refractivity contribution is 5.74. The molecule has 2 bridgehead atoms. The van der Waals surface area contributed by atoms with Crippen molar-refractivity contribution < 1.29 is 18.3 Å². The molecule has 0 unspecified atom stereocenters. The number of anilines is 1. The van der Waals surface area contributed by atoms with Crippen LogP contribution >= 0.6 is 0 Å². The number of phenols is 1. The number of hydrogen-bond acceptors (Lipinski definition) is 9. The second-order valence-electron chi connectivity index (χ2n) is 11.0. The minimum atomic E-state index is -2.65. The Hall–Kier alpha value is -3.40. The molecule has 4 heterocycles. The van der Waals surface area contributed by atoms with Gasteiger partial charge < -0.3 is 20.1 Å². The monoisotopic (exact) mass is 508 g/mol. The molecule has 194 valence electrons. The van der Waals surface area contributed by atoms with Crippen LogP contribution in [0.3, 0.4) is 0 Å². The van der Waals surface area contributed by atoms with Crippen molar-refractivity contribution >= 4 is 5.95 Å². The van der Waals surface area contributed by atoms with Crippen LogP contribution in [0.5, 0.6) is 11.6 Å². The summed E-state index contributed by atoms with van der Waals surface area (Å²) in [6.45, 7) is 4.18. The van der Waals surface area contributed by atoms with E-state index in [1.807, 2.05) is 11.8 Å². The molecule has 3 aromatic rings. The lowest BCUT2D eigenvalue weighted by Crippen LogP contribution is -2.73. The van der Waals surface area contributed by atoms with Crippen LogP contribution in [0, 0.1) is 0 Å². The van der Waals surface area contributed by atoms with Gasteiger partial charge in [-0.3, -0.25) is 0 Å². The van der Waals surface area contributed by atoms with Crippen molar-refractivity contribution in [3.63, 3.8) is 0 Å². The van der Waals surface area contributed by atoms with Gasteiger partial charge in [-0.1, -0.05) is 6.07 Å². The van der Waals surface area contributed by atoms with Gasteiger partial charge in [0.25, 0.3) is 0 Å². The molecule has 37 heavy (non-hydrogen) atoms. The van der Waals surface area contributed by atoms with Crippen LogP contribution in [-0.4, -0.2) is 66.9 Å². The van der Waals surface area contributed by atoms with Crippen molar-refractivity contribution in [1.82, 2.24) is 30.7 Å². The number of halogens is 1. The molecular formula is C27H32FN7O2. The Morgan fingerprint density at radius 1 is 1.14 bits per heavy atom. The molecule has 6 rings (SSSR count). The second kappa shape index (κ2) is 8.86. The molecule has 0 radical (unpaired) electrons. The highest BCUT2D eigenvalue weighted by atomic mass is 19.1. The van der Waals surface area contributed by atoms with Crippen molar-refractivity contribution in [3.8, 4) is 34.0 Å². The summed E-state index contributed by atoms with van der Waals surface area (Å²) in [5, 5.41) is 30.7. The molecule has 2 N–H and O–H groups in total. The molecule has 10 heteroatoms. The van der Waals surface area contributed by atoms with Crippen molar-refractivity contribution in [2.75, 3.05) is 11.9 Å². The number of ether oxygens (including phenoxy) is 1. The maximum Gasteiger partial charge on any atom is 0.245 e. The first-order valence-corrected chi connectivity index (χ1v) is 12.7. The average molecular weight is 509 g/mol. The number of nitrogens with one attached hydrogen (secondary N) is 1. The van der Waals surface area contributed by atoms with Gasteiger partial charge in [-0.15, -0.1) is 15.3 Å². The third kappa shape index (κ3) is 4.37. The number of aromatic hydroxyl groups is 1. The summed E-state index contributed by atoms with van der Waals surface area (Å²) in [7, 11) is -2.65. The van der Waals surface area contributed by atoms with E-state index in [2.05, 4.69) is 37.6 Å². The van der Waals surface area contributed by atoms with Crippen LogP contribution < -0.4 is 15.0 Å². The van der Waals surface area contributed by atoms with Crippen LogP contribution in [0.4, 0.5) is 10.3 Å². The number of aromatic nitrogens is 5. The van der Waals surface area contributed by atoms with Crippen molar-refractivity contribution in [1.29, 1.82) is 0 Å². The van der Waals surface area contributed by atoms with Gasteiger partial charge in [0.1, 0.15) is 17.6 Å². The number of fused-ring (bicyclic) bond motifs is 2. The predicted octanol–water partition coefficient (Wildman–Crippen LogP) is 4.08. The zero-order valence-corrected chi connectivity index (χ0v) is 20.9. The number of piperidine rings is 2. The van der Waals surface area contributed by atoms with Crippen LogP contribution in [0.2, 0.25) is 0 Å². The number of benzene rings is 1. The number of hydrogen-bond donors (Lipinski definition) is 2. The summed E-state index contributed by atoms with van der Waals surface area (Å²) in [5.74, 6) is 0.195. The first-order chi connectivity index (χ1) is 18.9. The van der Waals surface area contributed by atoms with E-state index in [1.54, 1.807) is 18.3 Å². The molecule has 9 nitrogen and oxygen atoms in total. The Morgan fingerprint density at radius 3 is 2.73 bits per heavy atom. The molecule has 1 aliphatic carbocycles. The van der Waals surface area contributed by atoms with Gasteiger partial charge in [-0.25, -0.2) is 9.37 Å². The highest BCUT2D eigenvalue weighted by Crippen LogP contribution is 2.46. The summed E-state index contributed by atoms with van der Waals surface area (Å²) in [4.78, 5) is 6.64. The van der Waals surface area contributed by atoms with Crippen molar-refractivity contribution in [3.05, 3.63) is 36.7 Å². The largest absolute Gasteiger partial charge is 0.507 e. The third-order valence-electron chi connectivity index (χ3n) is 8.04. The van der Waals surface area contributed by atoms with Crippen LogP contribution in [0.15, 0.2) is 36.7 Å². The van der Waals surface area contributed by atoms with E-state index in [1.165, 1.54) is 18.3 Å². The number of phenolic OH excluding ortho intramolecular Hbond substituents is 1. The molecule has 3 aliphatic rings. The summed E-state index contributed by atoms with van der Waals surface area (Å²) < 4.78 is 42.6. The second-order valence-corrected chi connectivity index (χ2v) is 11.0. The van der Waals surface area contributed by atoms with Gasteiger partial charge in [-0.05, 0) is 70.1 Å². The third-order valence-corrected chi connectivity index (χ3v) is 8.04. The number of nitrogens with zero attached hydrogens (tertiary/aromatic N) is 6. The molecule has 4 atom stereocenters. The lowest BCUT2D eigenvalue weighted by atomic mass is 9.68. The predicted molar refractivity (Wildman–Crippen MR) is 137 cm³/mol. The number of methoxy groups -OCH3 is 1. The van der Waals surface area contributed by atoms with Gasteiger partial charge in [0.15, 0.2) is 0 Å². The molecule has 2 aliphatic heterocycles. The summed E-state index contributed by atoms with van der Waals surface area (Å²) in [5.41, 5.74) is 1.20. The Morgan fingerprint density at radius 2 is 2.00 bits per heavy atom. The minimum absolute atomic E-state index is 0.0636. The molecule has 1 aromatic carbocycles. The maximum atomic E-state index is 16.0. The van der Waals surface area contributed by atoms with E-state index in [4.69, 9.17) is 8.85 Å². The van der Waals surface area contributed by atoms with Crippen LogP contribution in [-0.2, 0) is 0 Å². The average Bonchev–Trinajstić information content (AvgIpc) is 3.72. The van der Waals surface area contributed by atoms with E-state index >= 15 is 4.39 Å². The fourth-order valence-electron chi connectivity index (χ4n) is 6.18. The van der Waals surface area contributed by atoms with Crippen molar-refractivity contribution in [2.45, 2.75) is 81.7 Å². The fourth-order valence-corrected chi connectivity index (χ4v) is 6.18. The molecule has 0 amide bonds. The SMILES string of the molecule is [2H]C([2H])([2H])Oc1cc(-c2ccc(-c3cnc(N(C4CC4)[C@H]4C[C@]5(C)CCC[C@@](C)(N5)[C@H]4F)nn3)c(O)c2)cnn1. The molecule has 0 spiro atoms. The lowest BCUT2D eigenvalue weighted by molar-refractivity contribution is 0.0000874. The topological polar surface area (TPSA) is 109 Å². The standard InChI is InChI=1S/C27H32FN7O2/c1-26-9-4-10-27(2,34-26)24(28)21(13-26)35(18-6-7-18)25-29-15-20(31-33-25)19-8-5-16(11-22(19)36)17-12-23(37-3)32-30-14-17/h5,8,11-12,14-15,18,21,24,34,36H,4,6-7,9-10,13H2,1-3H3/t21-,24-,26-,27+/m0/s1/i3D3. The Labute approximate surface area is 219 Å².